The van der Waals surface area contributed by atoms with Crippen molar-refractivity contribution in [1.29, 1.82) is 5.26 Å². The molecule has 0 unspecified atom stereocenters. The fraction of sp³-hybridized carbons (Fsp3) is 0. The number of nitriles is 1. The van der Waals surface area contributed by atoms with E-state index < -0.39 is 5.91 Å². The molecule has 2 amide bonds. The second kappa shape index (κ2) is 7.73. The number of anilines is 2. The van der Waals surface area contributed by atoms with E-state index in [1.54, 1.807) is 36.4 Å². The van der Waals surface area contributed by atoms with Gasteiger partial charge < -0.3 is 10.6 Å². The number of nitrogens with zero attached hydrogens (tertiary/aromatic N) is 2. The van der Waals surface area contributed by atoms with Gasteiger partial charge in [0.15, 0.2) is 0 Å². The van der Waals surface area contributed by atoms with Crippen LogP contribution in [0.4, 0.5) is 11.4 Å². The molecule has 1 aromatic heterocycles. The van der Waals surface area contributed by atoms with Gasteiger partial charge in [-0.1, -0.05) is 24.3 Å². The van der Waals surface area contributed by atoms with Crippen LogP contribution in [0.1, 0.15) is 26.3 Å². The van der Waals surface area contributed by atoms with Crippen molar-refractivity contribution in [1.82, 2.24) is 4.98 Å². The number of amides is 2. The average molecular weight is 342 g/mol. The van der Waals surface area contributed by atoms with Crippen molar-refractivity contribution >= 4 is 23.2 Å². The fourth-order valence-electron chi connectivity index (χ4n) is 2.28. The van der Waals surface area contributed by atoms with Crippen LogP contribution < -0.4 is 10.6 Å². The molecule has 0 atom stereocenters. The van der Waals surface area contributed by atoms with Crippen LogP contribution >= 0.6 is 0 Å². The highest BCUT2D eigenvalue weighted by Gasteiger charge is 2.12. The quantitative estimate of drug-likeness (QED) is 0.759. The van der Waals surface area contributed by atoms with Crippen molar-refractivity contribution in [2.75, 3.05) is 10.6 Å². The first-order valence-corrected chi connectivity index (χ1v) is 7.79. The van der Waals surface area contributed by atoms with E-state index in [0.717, 1.165) is 0 Å². The Labute approximate surface area is 150 Å². The second-order valence-electron chi connectivity index (χ2n) is 5.43. The zero-order valence-corrected chi connectivity index (χ0v) is 13.6. The van der Waals surface area contributed by atoms with Crippen molar-refractivity contribution in [3.63, 3.8) is 0 Å². The van der Waals surface area contributed by atoms with Crippen LogP contribution in [0, 0.1) is 11.3 Å². The zero-order chi connectivity index (χ0) is 18.4. The van der Waals surface area contributed by atoms with Gasteiger partial charge in [-0.2, -0.15) is 5.26 Å². The number of benzene rings is 2. The summed E-state index contributed by atoms with van der Waals surface area (Å²) in [5.41, 5.74) is 2.10. The van der Waals surface area contributed by atoms with Crippen LogP contribution in [0.25, 0.3) is 0 Å². The van der Waals surface area contributed by atoms with Crippen molar-refractivity contribution in [2.24, 2.45) is 0 Å². The third kappa shape index (κ3) is 4.10. The minimum absolute atomic E-state index is 0.244. The molecule has 2 N–H and O–H groups in total. The molecule has 0 saturated carbocycles. The first-order chi connectivity index (χ1) is 12.7. The molecule has 0 aliphatic carbocycles. The SMILES string of the molecule is N#Cc1cccc(NC(=O)c2cncc(C(=O)Nc3ccccc3)c2)c1. The van der Waals surface area contributed by atoms with Crippen LogP contribution in [0.2, 0.25) is 0 Å². The Hall–Kier alpha value is -3.98. The number of carbonyl (C=O) groups is 2. The van der Waals surface area contributed by atoms with Crippen LogP contribution in [0.5, 0.6) is 0 Å². The molecule has 3 aromatic rings. The molecule has 0 aliphatic heterocycles. The Morgan fingerprint density at radius 2 is 1.42 bits per heavy atom. The normalized spacial score (nSPS) is 9.81. The maximum Gasteiger partial charge on any atom is 0.257 e. The molecule has 2 aromatic carbocycles. The number of nitrogens with one attached hydrogen (secondary N) is 2. The third-order valence-corrected chi connectivity index (χ3v) is 3.54. The Bertz CT molecular complexity index is 994. The van der Waals surface area contributed by atoms with Gasteiger partial charge in [-0.3, -0.25) is 14.6 Å². The molecule has 1 heterocycles. The summed E-state index contributed by atoms with van der Waals surface area (Å²) in [6.45, 7) is 0. The van der Waals surface area contributed by atoms with Gasteiger partial charge in [0.1, 0.15) is 0 Å². The maximum atomic E-state index is 12.4. The maximum absolute atomic E-state index is 12.4. The van der Waals surface area contributed by atoms with Gasteiger partial charge >= 0.3 is 0 Å². The van der Waals surface area contributed by atoms with Gasteiger partial charge in [0, 0.05) is 23.8 Å². The van der Waals surface area contributed by atoms with E-state index in [1.807, 2.05) is 24.3 Å². The summed E-state index contributed by atoms with van der Waals surface area (Å²) in [5, 5.41) is 14.3. The van der Waals surface area contributed by atoms with Crippen molar-refractivity contribution in [3.8, 4) is 6.07 Å². The van der Waals surface area contributed by atoms with Gasteiger partial charge in [-0.15, -0.1) is 0 Å². The molecule has 26 heavy (non-hydrogen) atoms. The molecule has 0 aliphatic rings. The van der Waals surface area contributed by atoms with Crippen LogP contribution in [0.15, 0.2) is 73.1 Å². The van der Waals surface area contributed by atoms with E-state index >= 15 is 0 Å². The summed E-state index contributed by atoms with van der Waals surface area (Å²) in [6, 6.07) is 19.1. The topological polar surface area (TPSA) is 94.9 Å². The van der Waals surface area contributed by atoms with Crippen molar-refractivity contribution in [3.05, 3.63) is 89.7 Å². The highest BCUT2D eigenvalue weighted by Crippen LogP contribution is 2.13. The molecule has 126 valence electrons. The Morgan fingerprint density at radius 1 is 0.808 bits per heavy atom. The van der Waals surface area contributed by atoms with Crippen molar-refractivity contribution in [2.45, 2.75) is 0 Å². The summed E-state index contributed by atoms with van der Waals surface area (Å²) in [7, 11) is 0. The minimum Gasteiger partial charge on any atom is -0.322 e. The summed E-state index contributed by atoms with van der Waals surface area (Å²) in [5.74, 6) is -0.772. The smallest absolute Gasteiger partial charge is 0.257 e. The number of hydrogen-bond acceptors (Lipinski definition) is 4. The molecular weight excluding hydrogens is 328 g/mol. The Balaban J connectivity index is 1.75. The standard InChI is InChI=1S/C20H14N4O2/c21-11-14-5-4-8-18(9-14)24-20(26)16-10-15(12-22-13-16)19(25)23-17-6-2-1-3-7-17/h1-10,12-13H,(H,23,25)(H,24,26). The molecule has 0 spiro atoms. The largest absolute Gasteiger partial charge is 0.322 e. The predicted molar refractivity (Wildman–Crippen MR) is 97.7 cm³/mol. The molecular formula is C20H14N4O2. The molecule has 3 rings (SSSR count). The highest BCUT2D eigenvalue weighted by atomic mass is 16.2. The van der Waals surface area contributed by atoms with E-state index in [9.17, 15) is 9.59 Å². The first-order valence-electron chi connectivity index (χ1n) is 7.79. The first kappa shape index (κ1) is 16.9. The molecule has 0 saturated heterocycles. The summed E-state index contributed by atoms with van der Waals surface area (Å²) >= 11 is 0. The molecule has 0 radical (unpaired) electrons. The highest BCUT2D eigenvalue weighted by molar-refractivity contribution is 6.08. The lowest BCUT2D eigenvalue weighted by atomic mass is 10.1. The van der Waals surface area contributed by atoms with Crippen LogP contribution in [-0.2, 0) is 0 Å². The number of carbonyl (C=O) groups excluding carboxylic acids is 2. The number of para-hydroxylation sites is 1. The van der Waals surface area contributed by atoms with Gasteiger partial charge in [-0.25, -0.2) is 0 Å². The zero-order valence-electron chi connectivity index (χ0n) is 13.6. The summed E-state index contributed by atoms with van der Waals surface area (Å²) in [4.78, 5) is 28.7. The summed E-state index contributed by atoms with van der Waals surface area (Å²) in [6.07, 6.45) is 2.77. The monoisotopic (exact) mass is 342 g/mol. The Kier molecular flexibility index (Phi) is 5.01. The summed E-state index contributed by atoms with van der Waals surface area (Å²) < 4.78 is 0. The van der Waals surface area contributed by atoms with E-state index in [1.165, 1.54) is 18.5 Å². The van der Waals surface area contributed by atoms with E-state index in [4.69, 9.17) is 5.26 Å². The van der Waals surface area contributed by atoms with Crippen molar-refractivity contribution < 1.29 is 9.59 Å². The van der Waals surface area contributed by atoms with Gasteiger partial charge in [0.25, 0.3) is 11.8 Å². The van der Waals surface area contributed by atoms with Gasteiger partial charge in [0.05, 0.1) is 22.8 Å². The third-order valence-electron chi connectivity index (χ3n) is 3.54. The lowest BCUT2D eigenvalue weighted by Gasteiger charge is -2.08. The average Bonchev–Trinajstić information content (AvgIpc) is 2.69. The van der Waals surface area contributed by atoms with E-state index in [2.05, 4.69) is 15.6 Å². The predicted octanol–water partition coefficient (Wildman–Crippen LogP) is 3.46. The molecule has 6 nitrogen and oxygen atoms in total. The molecule has 6 heteroatoms. The van der Waals surface area contributed by atoms with Crippen LogP contribution in [0.3, 0.4) is 0 Å². The van der Waals surface area contributed by atoms with Crippen LogP contribution in [-0.4, -0.2) is 16.8 Å². The number of rotatable bonds is 4. The minimum atomic E-state index is -0.415. The second-order valence-corrected chi connectivity index (χ2v) is 5.43. The number of aromatic nitrogens is 1. The lowest BCUT2D eigenvalue weighted by Crippen LogP contribution is -2.16. The molecule has 0 fully saturated rings. The van der Waals surface area contributed by atoms with E-state index in [0.29, 0.717) is 16.9 Å². The van der Waals surface area contributed by atoms with Gasteiger partial charge in [0.2, 0.25) is 0 Å². The Morgan fingerprint density at radius 3 is 2.08 bits per heavy atom. The molecule has 0 bridgehead atoms. The lowest BCUT2D eigenvalue weighted by molar-refractivity contribution is 0.102. The number of pyridine rings is 1. The number of hydrogen-bond donors (Lipinski definition) is 2. The van der Waals surface area contributed by atoms with Gasteiger partial charge in [-0.05, 0) is 36.4 Å². The fourth-order valence-corrected chi connectivity index (χ4v) is 2.28. The van der Waals surface area contributed by atoms with E-state index in [-0.39, 0.29) is 17.0 Å².